The van der Waals surface area contributed by atoms with Gasteiger partial charge in [-0.2, -0.15) is 5.10 Å². The summed E-state index contributed by atoms with van der Waals surface area (Å²) in [5.41, 5.74) is 2.08. The van der Waals surface area contributed by atoms with E-state index in [1.165, 1.54) is 0 Å². The van der Waals surface area contributed by atoms with E-state index in [0.717, 1.165) is 31.9 Å². The maximum absolute atomic E-state index is 13.1. The first-order chi connectivity index (χ1) is 12.2. The van der Waals surface area contributed by atoms with Gasteiger partial charge in [-0.3, -0.25) is 4.79 Å². The molecule has 1 aliphatic rings. The average Bonchev–Trinajstić information content (AvgIpc) is 3.32. The van der Waals surface area contributed by atoms with Crippen LogP contribution in [0.5, 0.6) is 0 Å². The topological polar surface area (TPSA) is 54.5 Å². The van der Waals surface area contributed by atoms with Crippen molar-refractivity contribution >= 4 is 5.91 Å². The molecule has 128 valence electrons. The summed E-state index contributed by atoms with van der Waals surface area (Å²) in [4.78, 5) is 17.2. The minimum Gasteiger partial charge on any atom is -0.463 e. The van der Waals surface area contributed by atoms with Gasteiger partial charge in [-0.15, -0.1) is 0 Å². The number of furan rings is 1. The SMILES string of the molecule is CN1CCN(C(=O)c2cc(-c3ccco3)nn2-c2ccccc2)CC1. The molecule has 0 spiro atoms. The number of carbonyl (C=O) groups is 1. The lowest BCUT2D eigenvalue weighted by molar-refractivity contribution is 0.0655. The van der Waals surface area contributed by atoms with Crippen LogP contribution in [-0.4, -0.2) is 58.7 Å². The third-order valence-corrected chi connectivity index (χ3v) is 4.49. The van der Waals surface area contributed by atoms with Crippen molar-refractivity contribution < 1.29 is 9.21 Å². The Morgan fingerprint density at radius 1 is 1.04 bits per heavy atom. The lowest BCUT2D eigenvalue weighted by Crippen LogP contribution is -2.47. The fraction of sp³-hybridized carbons (Fsp3) is 0.263. The second kappa shape index (κ2) is 6.57. The van der Waals surface area contributed by atoms with Gasteiger partial charge in [-0.25, -0.2) is 4.68 Å². The Morgan fingerprint density at radius 2 is 1.80 bits per heavy atom. The number of hydrogen-bond acceptors (Lipinski definition) is 4. The van der Waals surface area contributed by atoms with Gasteiger partial charge < -0.3 is 14.2 Å². The summed E-state index contributed by atoms with van der Waals surface area (Å²) in [7, 11) is 2.07. The van der Waals surface area contributed by atoms with E-state index in [0.29, 0.717) is 17.1 Å². The van der Waals surface area contributed by atoms with Crippen LogP contribution in [0.4, 0.5) is 0 Å². The number of nitrogens with zero attached hydrogens (tertiary/aromatic N) is 4. The van der Waals surface area contributed by atoms with Crippen LogP contribution in [0.3, 0.4) is 0 Å². The van der Waals surface area contributed by atoms with Crippen molar-refractivity contribution in [3.05, 3.63) is 60.5 Å². The van der Waals surface area contributed by atoms with E-state index in [4.69, 9.17) is 4.42 Å². The number of rotatable bonds is 3. The van der Waals surface area contributed by atoms with E-state index in [9.17, 15) is 4.79 Å². The highest BCUT2D eigenvalue weighted by molar-refractivity contribution is 5.94. The van der Waals surface area contributed by atoms with Crippen molar-refractivity contribution in [2.75, 3.05) is 33.2 Å². The smallest absolute Gasteiger partial charge is 0.272 e. The molecule has 1 aromatic carbocycles. The summed E-state index contributed by atoms with van der Waals surface area (Å²) in [5, 5.41) is 4.62. The first-order valence-corrected chi connectivity index (χ1v) is 8.39. The fourth-order valence-electron chi connectivity index (χ4n) is 3.02. The highest BCUT2D eigenvalue weighted by Crippen LogP contribution is 2.23. The van der Waals surface area contributed by atoms with Crippen LogP contribution in [0.2, 0.25) is 0 Å². The van der Waals surface area contributed by atoms with Crippen molar-refractivity contribution in [3.8, 4) is 17.1 Å². The minimum absolute atomic E-state index is 0.00209. The number of benzene rings is 1. The monoisotopic (exact) mass is 336 g/mol. The molecular formula is C19H20N4O2. The van der Waals surface area contributed by atoms with Crippen molar-refractivity contribution in [2.45, 2.75) is 0 Å². The van der Waals surface area contributed by atoms with E-state index in [1.807, 2.05) is 53.4 Å². The van der Waals surface area contributed by atoms with Gasteiger partial charge in [0.1, 0.15) is 11.4 Å². The van der Waals surface area contributed by atoms with Crippen LogP contribution in [0, 0.1) is 0 Å². The predicted molar refractivity (Wildman–Crippen MR) is 94.7 cm³/mol. The van der Waals surface area contributed by atoms with E-state index in [-0.39, 0.29) is 5.91 Å². The molecule has 0 atom stereocenters. The average molecular weight is 336 g/mol. The van der Waals surface area contributed by atoms with Crippen LogP contribution in [0.15, 0.2) is 59.2 Å². The number of hydrogen-bond donors (Lipinski definition) is 0. The number of aromatic nitrogens is 2. The number of likely N-dealkylation sites (N-methyl/N-ethyl adjacent to an activating group) is 1. The summed E-state index contributed by atoms with van der Waals surface area (Å²) in [6.07, 6.45) is 1.61. The van der Waals surface area contributed by atoms with Crippen LogP contribution in [0.1, 0.15) is 10.5 Å². The fourth-order valence-corrected chi connectivity index (χ4v) is 3.02. The summed E-state index contributed by atoms with van der Waals surface area (Å²) < 4.78 is 7.16. The third kappa shape index (κ3) is 3.08. The van der Waals surface area contributed by atoms with Crippen LogP contribution in [-0.2, 0) is 0 Å². The summed E-state index contributed by atoms with van der Waals surface area (Å²) in [5.74, 6) is 0.657. The molecule has 2 aromatic heterocycles. The van der Waals surface area contributed by atoms with E-state index in [2.05, 4.69) is 17.0 Å². The Kier molecular flexibility index (Phi) is 4.11. The zero-order valence-electron chi connectivity index (χ0n) is 14.1. The molecule has 0 saturated carbocycles. The molecule has 6 heteroatoms. The molecule has 0 radical (unpaired) electrons. The number of para-hydroxylation sites is 1. The Labute approximate surface area is 146 Å². The lowest BCUT2D eigenvalue weighted by Gasteiger charge is -2.32. The molecule has 1 aliphatic heterocycles. The molecule has 6 nitrogen and oxygen atoms in total. The molecule has 0 unspecified atom stereocenters. The molecule has 1 saturated heterocycles. The molecular weight excluding hydrogens is 316 g/mol. The highest BCUT2D eigenvalue weighted by Gasteiger charge is 2.25. The largest absolute Gasteiger partial charge is 0.463 e. The Bertz CT molecular complexity index is 847. The number of carbonyl (C=O) groups excluding carboxylic acids is 1. The summed E-state index contributed by atoms with van der Waals surface area (Å²) in [6.45, 7) is 3.23. The van der Waals surface area contributed by atoms with Gasteiger partial charge in [-0.1, -0.05) is 18.2 Å². The van der Waals surface area contributed by atoms with Gasteiger partial charge in [0.25, 0.3) is 5.91 Å². The summed E-state index contributed by atoms with van der Waals surface area (Å²) >= 11 is 0. The number of piperazine rings is 1. The van der Waals surface area contributed by atoms with Gasteiger partial charge in [0.15, 0.2) is 5.76 Å². The van der Waals surface area contributed by atoms with Crippen molar-refractivity contribution in [1.82, 2.24) is 19.6 Å². The van der Waals surface area contributed by atoms with Gasteiger partial charge in [0.05, 0.1) is 12.0 Å². The molecule has 4 rings (SSSR count). The number of amides is 1. The van der Waals surface area contributed by atoms with Gasteiger partial charge >= 0.3 is 0 Å². The molecule has 1 amide bonds. The second-order valence-corrected chi connectivity index (χ2v) is 6.23. The molecule has 3 heterocycles. The molecule has 0 N–H and O–H groups in total. The molecule has 0 bridgehead atoms. The second-order valence-electron chi connectivity index (χ2n) is 6.23. The first-order valence-electron chi connectivity index (χ1n) is 8.39. The zero-order chi connectivity index (χ0) is 17.2. The normalized spacial score (nSPS) is 15.5. The van der Waals surface area contributed by atoms with Gasteiger partial charge in [0.2, 0.25) is 0 Å². The van der Waals surface area contributed by atoms with Gasteiger partial charge in [-0.05, 0) is 31.3 Å². The Hall–Kier alpha value is -2.86. The summed E-state index contributed by atoms with van der Waals surface area (Å²) in [6, 6.07) is 15.2. The maximum Gasteiger partial charge on any atom is 0.272 e. The van der Waals surface area contributed by atoms with Crippen LogP contribution >= 0.6 is 0 Å². The zero-order valence-corrected chi connectivity index (χ0v) is 14.1. The van der Waals surface area contributed by atoms with Crippen molar-refractivity contribution in [1.29, 1.82) is 0 Å². The quantitative estimate of drug-likeness (QED) is 0.737. The third-order valence-electron chi connectivity index (χ3n) is 4.49. The minimum atomic E-state index is 0.00209. The Balaban J connectivity index is 1.73. The molecule has 1 fully saturated rings. The Morgan fingerprint density at radius 3 is 2.48 bits per heavy atom. The lowest BCUT2D eigenvalue weighted by atomic mass is 10.2. The van der Waals surface area contributed by atoms with E-state index >= 15 is 0 Å². The van der Waals surface area contributed by atoms with E-state index < -0.39 is 0 Å². The molecule has 25 heavy (non-hydrogen) atoms. The standard InChI is InChI=1S/C19H20N4O2/c1-21-9-11-22(12-10-21)19(24)17-14-16(18-8-5-13-25-18)20-23(17)15-6-3-2-4-7-15/h2-8,13-14H,9-12H2,1H3. The molecule has 0 aliphatic carbocycles. The van der Waals surface area contributed by atoms with Crippen molar-refractivity contribution in [3.63, 3.8) is 0 Å². The highest BCUT2D eigenvalue weighted by atomic mass is 16.3. The molecule has 3 aromatic rings. The first kappa shape index (κ1) is 15.7. The van der Waals surface area contributed by atoms with Crippen LogP contribution < -0.4 is 0 Å². The van der Waals surface area contributed by atoms with Gasteiger partial charge in [0, 0.05) is 32.2 Å². The maximum atomic E-state index is 13.1. The van der Waals surface area contributed by atoms with Crippen LogP contribution in [0.25, 0.3) is 17.1 Å². The predicted octanol–water partition coefficient (Wildman–Crippen LogP) is 2.52. The van der Waals surface area contributed by atoms with E-state index in [1.54, 1.807) is 10.9 Å². The van der Waals surface area contributed by atoms with Crippen molar-refractivity contribution in [2.24, 2.45) is 0 Å².